The highest BCUT2D eigenvalue weighted by molar-refractivity contribution is 6.42. The van der Waals surface area contributed by atoms with Crippen molar-refractivity contribution in [2.45, 2.75) is 6.04 Å². The van der Waals surface area contributed by atoms with Crippen molar-refractivity contribution >= 4 is 34.2 Å². The van der Waals surface area contributed by atoms with Crippen LogP contribution in [-0.4, -0.2) is 9.97 Å². The van der Waals surface area contributed by atoms with Crippen molar-refractivity contribution in [1.29, 1.82) is 0 Å². The van der Waals surface area contributed by atoms with E-state index < -0.39 is 6.04 Å². The van der Waals surface area contributed by atoms with Gasteiger partial charge in [-0.1, -0.05) is 47.5 Å². The molecule has 2 N–H and O–H groups in total. The van der Waals surface area contributed by atoms with Gasteiger partial charge in [-0.2, -0.15) is 0 Å². The van der Waals surface area contributed by atoms with Crippen LogP contribution in [0.5, 0.6) is 0 Å². The van der Waals surface area contributed by atoms with E-state index in [2.05, 4.69) is 9.97 Å². The average molecular weight is 304 g/mol. The minimum atomic E-state index is -0.460. The van der Waals surface area contributed by atoms with Crippen LogP contribution in [0.15, 0.2) is 48.7 Å². The van der Waals surface area contributed by atoms with Gasteiger partial charge in [-0.15, -0.1) is 0 Å². The second-order valence-corrected chi connectivity index (χ2v) is 5.19. The summed E-state index contributed by atoms with van der Waals surface area (Å²) in [5, 5.41) is 0.935. The van der Waals surface area contributed by atoms with Gasteiger partial charge in [0.1, 0.15) is 0 Å². The van der Waals surface area contributed by atoms with Crippen molar-refractivity contribution in [3.63, 3.8) is 0 Å². The largest absolute Gasteiger partial charge is 0.319 e. The van der Waals surface area contributed by atoms with E-state index in [1.54, 1.807) is 12.3 Å². The average Bonchev–Trinajstić information content (AvgIpc) is 2.49. The third-order valence-corrected chi connectivity index (χ3v) is 3.94. The zero-order valence-corrected chi connectivity index (χ0v) is 11.9. The van der Waals surface area contributed by atoms with E-state index in [0.29, 0.717) is 15.7 Å². The lowest BCUT2D eigenvalue weighted by atomic mass is 10.0. The molecule has 1 aromatic heterocycles. The molecule has 0 fully saturated rings. The Kier molecular flexibility index (Phi) is 3.57. The summed E-state index contributed by atoms with van der Waals surface area (Å²) in [4.78, 5) is 8.89. The van der Waals surface area contributed by atoms with Crippen LogP contribution >= 0.6 is 23.2 Å². The van der Waals surface area contributed by atoms with E-state index >= 15 is 0 Å². The summed E-state index contributed by atoms with van der Waals surface area (Å²) in [5.41, 5.74) is 9.27. The van der Waals surface area contributed by atoms with Crippen molar-refractivity contribution in [3.05, 3.63) is 70.0 Å². The van der Waals surface area contributed by atoms with Crippen molar-refractivity contribution in [3.8, 4) is 0 Å². The van der Waals surface area contributed by atoms with E-state index in [1.165, 1.54) is 0 Å². The van der Waals surface area contributed by atoms with E-state index in [4.69, 9.17) is 28.9 Å². The molecule has 0 aliphatic carbocycles. The zero-order chi connectivity index (χ0) is 14.1. The van der Waals surface area contributed by atoms with Gasteiger partial charge in [0.15, 0.2) is 0 Å². The third kappa shape index (κ3) is 2.36. The van der Waals surface area contributed by atoms with E-state index in [1.807, 2.05) is 36.4 Å². The Labute approximate surface area is 126 Å². The molecule has 0 saturated heterocycles. The number of para-hydroxylation sites is 2. The number of fused-ring (bicyclic) bond motifs is 1. The molecule has 0 amide bonds. The third-order valence-electron chi connectivity index (χ3n) is 3.10. The lowest BCUT2D eigenvalue weighted by Crippen LogP contribution is -2.14. The summed E-state index contributed by atoms with van der Waals surface area (Å²) in [6.07, 6.45) is 1.67. The van der Waals surface area contributed by atoms with Crippen LogP contribution in [0.25, 0.3) is 11.0 Å². The molecule has 0 aliphatic heterocycles. The van der Waals surface area contributed by atoms with Gasteiger partial charge >= 0.3 is 0 Å². The molecule has 3 aromatic rings. The molecule has 0 radical (unpaired) electrons. The maximum Gasteiger partial charge on any atom is 0.0890 e. The second kappa shape index (κ2) is 5.37. The number of halogens is 2. The van der Waals surface area contributed by atoms with Gasteiger partial charge in [0.05, 0.1) is 39.0 Å². The Balaban J connectivity index is 2.08. The number of hydrogen-bond acceptors (Lipinski definition) is 3. The summed E-state index contributed by atoms with van der Waals surface area (Å²) in [6.45, 7) is 0. The summed E-state index contributed by atoms with van der Waals surface area (Å²) >= 11 is 12.2. The quantitative estimate of drug-likeness (QED) is 0.779. The van der Waals surface area contributed by atoms with Crippen LogP contribution in [0, 0.1) is 0 Å². The SMILES string of the molecule is NC(c1cnc2ccccc2n1)c1cccc(Cl)c1Cl. The minimum Gasteiger partial charge on any atom is -0.319 e. The Hall–Kier alpha value is -1.68. The van der Waals surface area contributed by atoms with Crippen LogP contribution in [0.2, 0.25) is 10.0 Å². The Morgan fingerprint density at radius 3 is 2.50 bits per heavy atom. The van der Waals surface area contributed by atoms with Crippen LogP contribution in [-0.2, 0) is 0 Å². The van der Waals surface area contributed by atoms with Crippen LogP contribution < -0.4 is 5.73 Å². The van der Waals surface area contributed by atoms with E-state index in [9.17, 15) is 0 Å². The first kappa shape index (κ1) is 13.3. The van der Waals surface area contributed by atoms with Crippen molar-refractivity contribution in [2.75, 3.05) is 0 Å². The van der Waals surface area contributed by atoms with Gasteiger partial charge in [-0.3, -0.25) is 4.98 Å². The van der Waals surface area contributed by atoms with Gasteiger partial charge < -0.3 is 5.73 Å². The van der Waals surface area contributed by atoms with E-state index in [-0.39, 0.29) is 0 Å². The molecule has 2 aromatic carbocycles. The molecular formula is C15H11Cl2N3. The van der Waals surface area contributed by atoms with Gasteiger partial charge in [0.25, 0.3) is 0 Å². The molecule has 3 nitrogen and oxygen atoms in total. The highest BCUT2D eigenvalue weighted by Gasteiger charge is 2.16. The number of nitrogens with zero attached hydrogens (tertiary/aromatic N) is 2. The lowest BCUT2D eigenvalue weighted by Gasteiger charge is -2.14. The molecule has 3 rings (SSSR count). The summed E-state index contributed by atoms with van der Waals surface area (Å²) in [5.74, 6) is 0. The maximum atomic E-state index is 6.23. The molecule has 1 unspecified atom stereocenters. The maximum absolute atomic E-state index is 6.23. The molecular weight excluding hydrogens is 293 g/mol. The zero-order valence-electron chi connectivity index (χ0n) is 10.4. The van der Waals surface area contributed by atoms with Gasteiger partial charge in [-0.25, -0.2) is 4.98 Å². The fourth-order valence-electron chi connectivity index (χ4n) is 2.04. The molecule has 20 heavy (non-hydrogen) atoms. The fourth-order valence-corrected chi connectivity index (χ4v) is 2.47. The first-order valence-corrected chi connectivity index (χ1v) is 6.83. The predicted molar refractivity (Wildman–Crippen MR) is 82.0 cm³/mol. The molecule has 0 saturated carbocycles. The van der Waals surface area contributed by atoms with Crippen molar-refractivity contribution < 1.29 is 0 Å². The number of nitrogens with two attached hydrogens (primary N) is 1. The van der Waals surface area contributed by atoms with Crippen LogP contribution in [0.1, 0.15) is 17.3 Å². The minimum absolute atomic E-state index is 0.455. The Morgan fingerprint density at radius 1 is 0.950 bits per heavy atom. The molecule has 1 heterocycles. The van der Waals surface area contributed by atoms with Gasteiger partial charge in [0.2, 0.25) is 0 Å². The lowest BCUT2D eigenvalue weighted by molar-refractivity contribution is 0.828. The first-order chi connectivity index (χ1) is 9.66. The van der Waals surface area contributed by atoms with Gasteiger partial charge in [-0.05, 0) is 23.8 Å². The molecule has 0 spiro atoms. The summed E-state index contributed by atoms with van der Waals surface area (Å²) in [7, 11) is 0. The van der Waals surface area contributed by atoms with E-state index in [0.717, 1.165) is 16.6 Å². The molecule has 100 valence electrons. The molecule has 0 aliphatic rings. The Morgan fingerprint density at radius 2 is 1.70 bits per heavy atom. The highest BCUT2D eigenvalue weighted by atomic mass is 35.5. The summed E-state index contributed by atoms with van der Waals surface area (Å²) < 4.78 is 0. The second-order valence-electron chi connectivity index (χ2n) is 4.40. The highest BCUT2D eigenvalue weighted by Crippen LogP contribution is 2.31. The monoisotopic (exact) mass is 303 g/mol. The topological polar surface area (TPSA) is 51.8 Å². The Bertz CT molecular complexity index is 774. The molecule has 5 heteroatoms. The number of benzene rings is 2. The van der Waals surface area contributed by atoms with Crippen LogP contribution in [0.3, 0.4) is 0 Å². The number of hydrogen-bond donors (Lipinski definition) is 1. The van der Waals surface area contributed by atoms with Crippen molar-refractivity contribution in [1.82, 2.24) is 9.97 Å². The number of aromatic nitrogens is 2. The normalized spacial score (nSPS) is 12.6. The van der Waals surface area contributed by atoms with Crippen molar-refractivity contribution in [2.24, 2.45) is 5.73 Å². The molecule has 0 bridgehead atoms. The fraction of sp³-hybridized carbons (Fsp3) is 0.0667. The molecule has 1 atom stereocenters. The van der Waals surface area contributed by atoms with Crippen LogP contribution in [0.4, 0.5) is 0 Å². The number of rotatable bonds is 2. The first-order valence-electron chi connectivity index (χ1n) is 6.08. The smallest absolute Gasteiger partial charge is 0.0890 e. The standard InChI is InChI=1S/C15H11Cl2N3/c16-10-5-3-4-9(14(10)17)15(18)13-8-19-11-6-1-2-7-12(11)20-13/h1-8,15H,18H2. The summed E-state index contributed by atoms with van der Waals surface area (Å²) in [6, 6.07) is 12.6. The predicted octanol–water partition coefficient (Wildman–Crippen LogP) is 3.98. The van der Waals surface area contributed by atoms with Gasteiger partial charge in [0, 0.05) is 0 Å².